The first-order valence-corrected chi connectivity index (χ1v) is 2.92. The third-order valence-corrected chi connectivity index (χ3v) is 1.57. The summed E-state index contributed by atoms with van der Waals surface area (Å²) in [7, 11) is 0. The minimum absolute atomic E-state index is 0. The SMILES string of the molecule is Cl.O=C(O)C1CCN(F)C1F. The molecule has 2 unspecified atom stereocenters. The Morgan fingerprint density at radius 2 is 2.18 bits per heavy atom. The number of hydrogen-bond donors (Lipinski definition) is 1. The molecule has 6 heteroatoms. The number of hydrogen-bond acceptors (Lipinski definition) is 2. The van der Waals surface area contributed by atoms with Crippen LogP contribution in [-0.2, 0) is 4.79 Å². The van der Waals surface area contributed by atoms with Crippen LogP contribution in [0.5, 0.6) is 0 Å². The van der Waals surface area contributed by atoms with E-state index in [1.807, 2.05) is 0 Å². The van der Waals surface area contributed by atoms with Gasteiger partial charge in [-0.15, -0.1) is 22.0 Å². The Balaban J connectivity index is 0.000001000. The number of carboxylic acid groups (broad SMARTS) is 1. The summed E-state index contributed by atoms with van der Waals surface area (Å²) in [5.41, 5.74) is 0. The maximum Gasteiger partial charge on any atom is 0.311 e. The Labute approximate surface area is 68.3 Å². The quantitative estimate of drug-likeness (QED) is 0.492. The molecule has 1 N–H and O–H groups in total. The van der Waals surface area contributed by atoms with Crippen LogP contribution >= 0.6 is 12.4 Å². The van der Waals surface area contributed by atoms with E-state index in [0.717, 1.165) is 0 Å². The Morgan fingerprint density at radius 1 is 1.64 bits per heavy atom. The standard InChI is InChI=1S/C5H7F2NO2.ClH/c6-4-3(5(9)10)1-2-8(4)7;/h3-4H,1-2H2,(H,9,10);1H. The lowest BCUT2D eigenvalue weighted by atomic mass is 10.1. The molecular weight excluding hydrogens is 180 g/mol. The summed E-state index contributed by atoms with van der Waals surface area (Å²) in [5.74, 6) is -2.46. The molecule has 0 bridgehead atoms. The largest absolute Gasteiger partial charge is 0.481 e. The van der Waals surface area contributed by atoms with Gasteiger partial charge in [0.05, 0.1) is 0 Å². The van der Waals surface area contributed by atoms with Gasteiger partial charge in [0.25, 0.3) is 0 Å². The van der Waals surface area contributed by atoms with Crippen LogP contribution in [-0.4, -0.2) is 29.0 Å². The molecule has 0 amide bonds. The van der Waals surface area contributed by atoms with Crippen LogP contribution in [0.2, 0.25) is 0 Å². The highest BCUT2D eigenvalue weighted by Gasteiger charge is 2.39. The molecule has 0 spiro atoms. The molecular formula is C5H8ClF2NO2. The summed E-state index contributed by atoms with van der Waals surface area (Å²) >= 11 is 0. The zero-order valence-electron chi connectivity index (χ0n) is 5.54. The Kier molecular flexibility index (Phi) is 3.68. The second-order valence-electron chi connectivity index (χ2n) is 2.23. The molecule has 0 saturated carbocycles. The monoisotopic (exact) mass is 187 g/mol. The van der Waals surface area contributed by atoms with Crippen molar-refractivity contribution in [1.82, 2.24) is 5.12 Å². The Bertz CT molecular complexity index is 157. The summed E-state index contributed by atoms with van der Waals surface area (Å²) < 4.78 is 24.5. The smallest absolute Gasteiger partial charge is 0.311 e. The van der Waals surface area contributed by atoms with E-state index in [2.05, 4.69) is 0 Å². The highest BCUT2D eigenvalue weighted by Crippen LogP contribution is 2.25. The minimum atomic E-state index is -1.96. The van der Waals surface area contributed by atoms with Gasteiger partial charge in [-0.3, -0.25) is 4.79 Å². The molecule has 3 nitrogen and oxygen atoms in total. The summed E-state index contributed by atoms with van der Waals surface area (Å²) in [6.07, 6.45) is -1.91. The lowest BCUT2D eigenvalue weighted by Crippen LogP contribution is -2.26. The first kappa shape index (κ1) is 10.6. The third-order valence-electron chi connectivity index (χ3n) is 1.57. The number of carboxylic acids is 1. The van der Waals surface area contributed by atoms with Crippen molar-refractivity contribution in [3.05, 3.63) is 0 Å². The third kappa shape index (κ3) is 2.00. The van der Waals surface area contributed by atoms with Crippen LogP contribution in [0.3, 0.4) is 0 Å². The first-order valence-electron chi connectivity index (χ1n) is 2.92. The van der Waals surface area contributed by atoms with Gasteiger partial charge < -0.3 is 5.11 Å². The number of halogens is 3. The predicted octanol–water partition coefficient (Wildman–Crippen LogP) is 0.995. The van der Waals surface area contributed by atoms with Crippen molar-refractivity contribution in [3.63, 3.8) is 0 Å². The van der Waals surface area contributed by atoms with Crippen LogP contribution in [0, 0.1) is 5.92 Å². The minimum Gasteiger partial charge on any atom is -0.481 e. The molecule has 1 saturated heterocycles. The van der Waals surface area contributed by atoms with Gasteiger partial charge in [0.15, 0.2) is 6.30 Å². The summed E-state index contributed by atoms with van der Waals surface area (Å²) in [5, 5.41) is 8.18. The van der Waals surface area contributed by atoms with E-state index in [1.54, 1.807) is 0 Å². The van der Waals surface area contributed by atoms with E-state index in [-0.39, 0.29) is 30.5 Å². The fraction of sp³-hybridized carbons (Fsp3) is 0.800. The molecule has 1 heterocycles. The molecule has 11 heavy (non-hydrogen) atoms. The normalized spacial score (nSPS) is 31.5. The van der Waals surface area contributed by atoms with Gasteiger partial charge in [0, 0.05) is 6.54 Å². The fourth-order valence-electron chi connectivity index (χ4n) is 0.960. The van der Waals surface area contributed by atoms with Gasteiger partial charge in [-0.1, -0.05) is 0 Å². The molecule has 1 fully saturated rings. The molecule has 1 rings (SSSR count). The lowest BCUT2D eigenvalue weighted by molar-refractivity contribution is -0.148. The number of rotatable bonds is 1. The molecule has 0 aliphatic carbocycles. The van der Waals surface area contributed by atoms with Crippen molar-refractivity contribution in [3.8, 4) is 0 Å². The van der Waals surface area contributed by atoms with E-state index in [4.69, 9.17) is 5.11 Å². The first-order chi connectivity index (χ1) is 4.63. The Morgan fingerprint density at radius 3 is 2.36 bits per heavy atom. The van der Waals surface area contributed by atoms with E-state index >= 15 is 0 Å². The molecule has 1 aliphatic heterocycles. The van der Waals surface area contributed by atoms with Crippen molar-refractivity contribution < 1.29 is 18.8 Å². The fourth-order valence-corrected chi connectivity index (χ4v) is 0.960. The van der Waals surface area contributed by atoms with Gasteiger partial charge in [-0.2, -0.15) is 0 Å². The summed E-state index contributed by atoms with van der Waals surface area (Å²) in [4.78, 5) is 10.1. The highest BCUT2D eigenvalue weighted by molar-refractivity contribution is 5.85. The van der Waals surface area contributed by atoms with Crippen LogP contribution in [0.15, 0.2) is 0 Å². The van der Waals surface area contributed by atoms with Gasteiger partial charge in [-0.05, 0) is 6.42 Å². The molecule has 1 aliphatic rings. The lowest BCUT2D eigenvalue weighted by Gasteiger charge is -2.08. The van der Waals surface area contributed by atoms with E-state index in [9.17, 15) is 13.7 Å². The molecule has 2 atom stereocenters. The van der Waals surface area contributed by atoms with Crippen LogP contribution in [0.1, 0.15) is 6.42 Å². The number of aliphatic carboxylic acids is 1. The second-order valence-corrected chi connectivity index (χ2v) is 2.23. The van der Waals surface area contributed by atoms with E-state index in [0.29, 0.717) is 0 Å². The number of nitrogens with zero attached hydrogens (tertiary/aromatic N) is 1. The van der Waals surface area contributed by atoms with Crippen molar-refractivity contribution in [2.75, 3.05) is 6.54 Å². The Hall–Kier alpha value is -0.420. The van der Waals surface area contributed by atoms with Gasteiger partial charge >= 0.3 is 5.97 Å². The van der Waals surface area contributed by atoms with Crippen LogP contribution < -0.4 is 0 Å². The average Bonchev–Trinajstić information content (AvgIpc) is 2.14. The number of alkyl halides is 1. The zero-order valence-corrected chi connectivity index (χ0v) is 6.35. The maximum atomic E-state index is 12.4. The van der Waals surface area contributed by atoms with Gasteiger partial charge in [-0.25, -0.2) is 4.39 Å². The van der Waals surface area contributed by atoms with Crippen molar-refractivity contribution >= 4 is 18.4 Å². The van der Waals surface area contributed by atoms with Crippen molar-refractivity contribution in [2.45, 2.75) is 12.7 Å². The molecule has 0 aromatic rings. The van der Waals surface area contributed by atoms with Gasteiger partial charge in [0.2, 0.25) is 0 Å². The summed E-state index contributed by atoms with van der Waals surface area (Å²) in [6, 6.07) is 0. The average molecular weight is 188 g/mol. The van der Waals surface area contributed by atoms with Crippen molar-refractivity contribution in [2.24, 2.45) is 5.92 Å². The topological polar surface area (TPSA) is 40.5 Å². The zero-order chi connectivity index (χ0) is 7.72. The van der Waals surface area contributed by atoms with Gasteiger partial charge in [0.1, 0.15) is 5.92 Å². The van der Waals surface area contributed by atoms with Crippen LogP contribution in [0.25, 0.3) is 0 Å². The predicted molar refractivity (Wildman–Crippen MR) is 35.7 cm³/mol. The summed E-state index contributed by atoms with van der Waals surface area (Å²) in [6.45, 7) is -0.127. The molecule has 0 radical (unpaired) electrons. The number of carbonyl (C=O) groups is 1. The van der Waals surface area contributed by atoms with E-state index < -0.39 is 18.2 Å². The maximum absolute atomic E-state index is 12.4. The molecule has 0 aromatic heterocycles. The van der Waals surface area contributed by atoms with E-state index in [1.165, 1.54) is 0 Å². The second kappa shape index (κ2) is 3.82. The molecule has 66 valence electrons. The van der Waals surface area contributed by atoms with Crippen molar-refractivity contribution in [1.29, 1.82) is 0 Å². The molecule has 0 aromatic carbocycles. The van der Waals surface area contributed by atoms with Crippen LogP contribution in [0.4, 0.5) is 8.87 Å². The highest BCUT2D eigenvalue weighted by atomic mass is 35.5.